The molecule has 2 aliphatic rings. The lowest BCUT2D eigenvalue weighted by Crippen LogP contribution is -2.73. The van der Waals surface area contributed by atoms with Crippen molar-refractivity contribution in [2.24, 2.45) is 0 Å². The molecule has 6 heteroatoms. The number of para-hydroxylation sites is 1. The minimum atomic E-state index is -0.831. The first kappa shape index (κ1) is 24.4. The minimum Gasteiger partial charge on any atom is -0.361 e. The van der Waals surface area contributed by atoms with Crippen LogP contribution < -0.4 is 5.32 Å². The van der Waals surface area contributed by atoms with Crippen molar-refractivity contribution in [1.29, 1.82) is 0 Å². The van der Waals surface area contributed by atoms with E-state index in [0.717, 1.165) is 40.7 Å². The standard InChI is InChI=1S/C32H34N4O2/c1-35-18-16-32(17-19-35)31(38)34-29(20-25-21-33-28-15-9-8-14-26(25)28)30(37)36(32)22-27(23-10-4-2-5-11-23)24-12-6-3-7-13-24/h2-15,21,27,29,33H,16-20,22H2,1H3,(H,34,38). The van der Waals surface area contributed by atoms with Crippen LogP contribution in [0.25, 0.3) is 10.9 Å². The summed E-state index contributed by atoms with van der Waals surface area (Å²) >= 11 is 0. The molecule has 6 rings (SSSR count). The Bertz CT molecular complexity index is 1380. The molecule has 1 unspecified atom stereocenters. The summed E-state index contributed by atoms with van der Waals surface area (Å²) in [5.74, 6) is -0.0382. The number of benzene rings is 3. The van der Waals surface area contributed by atoms with E-state index in [0.29, 0.717) is 25.8 Å². The number of H-pyrrole nitrogens is 1. The minimum absolute atomic E-state index is 0.0105. The van der Waals surface area contributed by atoms with Crippen molar-refractivity contribution in [1.82, 2.24) is 20.1 Å². The molecule has 2 aliphatic heterocycles. The Morgan fingerprint density at radius 3 is 2.13 bits per heavy atom. The van der Waals surface area contributed by atoms with Crippen LogP contribution in [-0.4, -0.2) is 64.9 Å². The van der Waals surface area contributed by atoms with Gasteiger partial charge in [0.15, 0.2) is 0 Å². The number of rotatable bonds is 6. The average Bonchev–Trinajstić information content (AvgIpc) is 3.37. The first-order valence-corrected chi connectivity index (χ1v) is 13.5. The van der Waals surface area contributed by atoms with Crippen LogP contribution in [0.15, 0.2) is 91.1 Å². The van der Waals surface area contributed by atoms with Crippen LogP contribution in [0.2, 0.25) is 0 Å². The van der Waals surface area contributed by atoms with E-state index in [4.69, 9.17) is 0 Å². The molecular weight excluding hydrogens is 472 g/mol. The molecule has 0 radical (unpaired) electrons. The zero-order chi connectivity index (χ0) is 26.1. The number of nitrogens with one attached hydrogen (secondary N) is 2. The lowest BCUT2D eigenvalue weighted by Gasteiger charge is -2.52. The van der Waals surface area contributed by atoms with Crippen molar-refractivity contribution < 1.29 is 9.59 Å². The summed E-state index contributed by atoms with van der Waals surface area (Å²) in [4.78, 5) is 35.8. The fraction of sp³-hybridized carbons (Fsp3) is 0.312. The maximum Gasteiger partial charge on any atom is 0.246 e. The van der Waals surface area contributed by atoms with Gasteiger partial charge in [-0.05, 0) is 42.6 Å². The molecule has 38 heavy (non-hydrogen) atoms. The number of likely N-dealkylation sites (tertiary alicyclic amines) is 1. The van der Waals surface area contributed by atoms with Gasteiger partial charge < -0.3 is 20.1 Å². The van der Waals surface area contributed by atoms with E-state index in [-0.39, 0.29) is 17.7 Å². The van der Waals surface area contributed by atoms with Crippen molar-refractivity contribution in [2.75, 3.05) is 26.7 Å². The third-order valence-corrected chi connectivity index (χ3v) is 8.49. The van der Waals surface area contributed by atoms with E-state index < -0.39 is 11.6 Å². The van der Waals surface area contributed by atoms with Gasteiger partial charge in [0.2, 0.25) is 11.8 Å². The summed E-state index contributed by atoms with van der Waals surface area (Å²) < 4.78 is 0. The largest absolute Gasteiger partial charge is 0.361 e. The average molecular weight is 507 g/mol. The number of piperidine rings is 1. The normalized spacial score (nSPS) is 19.8. The fourth-order valence-electron chi connectivity index (χ4n) is 6.24. The highest BCUT2D eigenvalue weighted by molar-refractivity contribution is 6.00. The number of aromatic nitrogens is 1. The quantitative estimate of drug-likeness (QED) is 0.409. The Kier molecular flexibility index (Phi) is 6.50. The third-order valence-electron chi connectivity index (χ3n) is 8.49. The first-order valence-electron chi connectivity index (χ1n) is 13.5. The summed E-state index contributed by atoms with van der Waals surface area (Å²) in [6, 6.07) is 28.2. The summed E-state index contributed by atoms with van der Waals surface area (Å²) in [5.41, 5.74) is 3.54. The number of fused-ring (bicyclic) bond motifs is 1. The predicted molar refractivity (Wildman–Crippen MR) is 150 cm³/mol. The molecule has 6 nitrogen and oxygen atoms in total. The Labute approximate surface area is 223 Å². The maximum atomic E-state index is 14.4. The first-order chi connectivity index (χ1) is 18.5. The van der Waals surface area contributed by atoms with Gasteiger partial charge in [0, 0.05) is 49.1 Å². The van der Waals surface area contributed by atoms with Gasteiger partial charge in [0.25, 0.3) is 0 Å². The molecule has 3 heterocycles. The molecule has 0 aliphatic carbocycles. The molecule has 2 fully saturated rings. The lowest BCUT2D eigenvalue weighted by atomic mass is 9.79. The second-order valence-corrected chi connectivity index (χ2v) is 10.7. The van der Waals surface area contributed by atoms with Crippen LogP contribution >= 0.6 is 0 Å². The SMILES string of the molecule is CN1CCC2(CC1)C(=O)NC(Cc1c[nH]c3ccccc13)C(=O)N2CC(c1ccccc1)c1ccccc1. The molecule has 0 bridgehead atoms. The van der Waals surface area contributed by atoms with Crippen LogP contribution in [0, 0.1) is 0 Å². The van der Waals surface area contributed by atoms with E-state index in [1.807, 2.05) is 65.7 Å². The van der Waals surface area contributed by atoms with E-state index in [9.17, 15) is 9.59 Å². The summed E-state index contributed by atoms with van der Waals surface area (Å²) in [6.07, 6.45) is 3.70. The Morgan fingerprint density at radius 2 is 1.47 bits per heavy atom. The molecule has 2 N–H and O–H groups in total. The Balaban J connectivity index is 1.38. The monoisotopic (exact) mass is 506 g/mol. The van der Waals surface area contributed by atoms with Gasteiger partial charge in [-0.3, -0.25) is 9.59 Å². The summed E-state index contributed by atoms with van der Waals surface area (Å²) in [5, 5.41) is 4.25. The Hall–Kier alpha value is -3.90. The number of carbonyl (C=O) groups is 2. The number of piperazine rings is 1. The van der Waals surface area contributed by atoms with Crippen LogP contribution in [0.4, 0.5) is 0 Å². The zero-order valence-corrected chi connectivity index (χ0v) is 21.8. The molecule has 2 saturated heterocycles. The predicted octanol–water partition coefficient (Wildman–Crippen LogP) is 4.33. The van der Waals surface area contributed by atoms with Gasteiger partial charge in [0.1, 0.15) is 11.6 Å². The van der Waals surface area contributed by atoms with Crippen molar-refractivity contribution >= 4 is 22.7 Å². The van der Waals surface area contributed by atoms with Gasteiger partial charge >= 0.3 is 0 Å². The molecule has 1 atom stereocenters. The number of amides is 2. The third kappa shape index (κ3) is 4.39. The number of carbonyl (C=O) groups excluding carboxylic acids is 2. The van der Waals surface area contributed by atoms with E-state index in [2.05, 4.69) is 52.6 Å². The second-order valence-electron chi connectivity index (χ2n) is 10.7. The van der Waals surface area contributed by atoms with Crippen molar-refractivity contribution in [2.45, 2.75) is 36.8 Å². The zero-order valence-electron chi connectivity index (χ0n) is 21.8. The van der Waals surface area contributed by atoms with Crippen molar-refractivity contribution in [3.63, 3.8) is 0 Å². The Morgan fingerprint density at radius 1 is 0.868 bits per heavy atom. The maximum absolute atomic E-state index is 14.4. The van der Waals surface area contributed by atoms with Gasteiger partial charge in [0.05, 0.1) is 0 Å². The molecule has 1 aromatic heterocycles. The number of hydrogen-bond acceptors (Lipinski definition) is 3. The van der Waals surface area contributed by atoms with E-state index in [1.165, 1.54) is 0 Å². The molecule has 3 aromatic carbocycles. The van der Waals surface area contributed by atoms with Gasteiger partial charge in [-0.25, -0.2) is 0 Å². The number of nitrogens with zero attached hydrogens (tertiary/aromatic N) is 2. The molecule has 2 amide bonds. The molecule has 194 valence electrons. The van der Waals surface area contributed by atoms with Gasteiger partial charge in [-0.1, -0.05) is 78.9 Å². The molecule has 1 spiro atoms. The summed E-state index contributed by atoms with van der Waals surface area (Å²) in [7, 11) is 2.08. The van der Waals surface area contributed by atoms with Crippen LogP contribution in [-0.2, 0) is 16.0 Å². The highest BCUT2D eigenvalue weighted by Crippen LogP contribution is 2.37. The van der Waals surface area contributed by atoms with Crippen LogP contribution in [0.5, 0.6) is 0 Å². The molecule has 0 saturated carbocycles. The number of hydrogen-bond donors (Lipinski definition) is 2. The smallest absolute Gasteiger partial charge is 0.246 e. The highest BCUT2D eigenvalue weighted by Gasteiger charge is 2.53. The van der Waals surface area contributed by atoms with Gasteiger partial charge in [-0.2, -0.15) is 0 Å². The van der Waals surface area contributed by atoms with Crippen molar-refractivity contribution in [3.05, 3.63) is 108 Å². The highest BCUT2D eigenvalue weighted by atomic mass is 16.2. The molecule has 4 aromatic rings. The van der Waals surface area contributed by atoms with Crippen LogP contribution in [0.3, 0.4) is 0 Å². The molecular formula is C32H34N4O2. The number of aromatic amines is 1. The summed E-state index contributed by atoms with van der Waals surface area (Å²) in [6.45, 7) is 2.03. The fourth-order valence-corrected chi connectivity index (χ4v) is 6.24. The second kappa shape index (κ2) is 10.1. The van der Waals surface area contributed by atoms with Crippen LogP contribution in [0.1, 0.15) is 35.4 Å². The van der Waals surface area contributed by atoms with Crippen molar-refractivity contribution in [3.8, 4) is 0 Å². The lowest BCUT2D eigenvalue weighted by molar-refractivity contribution is -0.161. The van der Waals surface area contributed by atoms with E-state index in [1.54, 1.807) is 0 Å². The topological polar surface area (TPSA) is 68.4 Å². The van der Waals surface area contributed by atoms with E-state index >= 15 is 0 Å². The van der Waals surface area contributed by atoms with Gasteiger partial charge in [-0.15, -0.1) is 0 Å².